The van der Waals surface area contributed by atoms with Crippen LogP contribution in [0.5, 0.6) is 0 Å². The average molecular weight is 317 g/mol. The Hall–Kier alpha value is -2.22. The summed E-state index contributed by atoms with van der Waals surface area (Å²) in [6, 6.07) is 0.106. The van der Waals surface area contributed by atoms with Gasteiger partial charge in [-0.1, -0.05) is 0 Å². The number of hydrogen-bond donors (Lipinski definition) is 2. The van der Waals surface area contributed by atoms with Crippen LogP contribution in [0.15, 0.2) is 6.20 Å². The minimum Gasteiger partial charge on any atom is -0.337 e. The molecule has 0 radical (unpaired) electrons. The molecular weight excluding hydrogens is 294 g/mol. The number of rotatable bonds is 5. The summed E-state index contributed by atoms with van der Waals surface area (Å²) >= 11 is 0. The molecule has 0 spiro atoms. The molecule has 1 fully saturated rings. The number of nitrogens with zero attached hydrogens (tertiary/aromatic N) is 5. The Balaban J connectivity index is 1.76. The number of hydrogen-bond acceptors (Lipinski definition) is 5. The van der Waals surface area contributed by atoms with E-state index in [1.807, 2.05) is 30.6 Å². The van der Waals surface area contributed by atoms with E-state index in [0.29, 0.717) is 6.42 Å². The Kier molecular flexibility index (Phi) is 4.16. The predicted octanol–water partition coefficient (Wildman–Crippen LogP) is 0.259. The van der Waals surface area contributed by atoms with Crippen molar-refractivity contribution in [3.63, 3.8) is 0 Å². The van der Waals surface area contributed by atoms with Crippen molar-refractivity contribution >= 4 is 5.91 Å². The third kappa shape index (κ3) is 2.86. The number of aryl methyl sites for hydroxylation is 2. The van der Waals surface area contributed by atoms with Crippen LogP contribution in [0.1, 0.15) is 35.1 Å². The fourth-order valence-electron chi connectivity index (χ4n) is 3.40. The standard InChI is InChI=1S/C15H23N7O/c1-9-14(10(2)22(4)19-9)15-12(7-13(23)21(15)3)16-6-5-11-8-17-20-18-11/h8,12,15-16H,5-7H2,1-4H3,(H,17,18,20)/t12-,15-/m1/s1. The van der Waals surface area contributed by atoms with Crippen molar-refractivity contribution in [2.75, 3.05) is 13.6 Å². The topological polar surface area (TPSA) is 91.7 Å². The van der Waals surface area contributed by atoms with Gasteiger partial charge in [-0.15, -0.1) is 0 Å². The van der Waals surface area contributed by atoms with Crippen molar-refractivity contribution in [3.8, 4) is 0 Å². The number of nitrogens with one attached hydrogen (secondary N) is 2. The van der Waals surface area contributed by atoms with Gasteiger partial charge in [0.05, 0.1) is 23.6 Å². The molecule has 1 amide bonds. The van der Waals surface area contributed by atoms with E-state index in [9.17, 15) is 4.79 Å². The van der Waals surface area contributed by atoms with Crippen LogP contribution in [0.2, 0.25) is 0 Å². The molecule has 2 N–H and O–H groups in total. The molecule has 23 heavy (non-hydrogen) atoms. The lowest BCUT2D eigenvalue weighted by Gasteiger charge is -2.26. The highest BCUT2D eigenvalue weighted by Crippen LogP contribution is 2.35. The maximum atomic E-state index is 12.2. The molecule has 8 heteroatoms. The lowest BCUT2D eigenvalue weighted by atomic mass is 9.98. The first-order chi connectivity index (χ1) is 11.0. The van der Waals surface area contributed by atoms with E-state index in [1.54, 1.807) is 6.20 Å². The second kappa shape index (κ2) is 6.11. The molecule has 124 valence electrons. The van der Waals surface area contributed by atoms with Gasteiger partial charge in [-0.2, -0.15) is 20.5 Å². The van der Waals surface area contributed by atoms with Crippen molar-refractivity contribution in [1.29, 1.82) is 0 Å². The molecule has 0 unspecified atom stereocenters. The number of aromatic amines is 1. The van der Waals surface area contributed by atoms with E-state index in [1.165, 1.54) is 0 Å². The summed E-state index contributed by atoms with van der Waals surface area (Å²) in [5.74, 6) is 0.164. The zero-order valence-electron chi connectivity index (χ0n) is 14.0. The van der Waals surface area contributed by atoms with Crippen molar-refractivity contribution in [2.24, 2.45) is 7.05 Å². The Bertz CT molecular complexity index is 691. The minimum absolute atomic E-state index is 0.0218. The maximum Gasteiger partial charge on any atom is 0.224 e. The summed E-state index contributed by atoms with van der Waals surface area (Å²) < 4.78 is 1.88. The minimum atomic E-state index is 0.0218. The summed E-state index contributed by atoms with van der Waals surface area (Å²) in [5.41, 5.74) is 4.16. The predicted molar refractivity (Wildman–Crippen MR) is 84.7 cm³/mol. The molecule has 1 aliphatic rings. The van der Waals surface area contributed by atoms with Crippen LogP contribution in [-0.4, -0.2) is 55.6 Å². The van der Waals surface area contributed by atoms with Gasteiger partial charge in [0, 0.05) is 50.8 Å². The van der Waals surface area contributed by atoms with E-state index < -0.39 is 0 Å². The third-order valence-corrected chi connectivity index (χ3v) is 4.70. The fourth-order valence-corrected chi connectivity index (χ4v) is 3.40. The van der Waals surface area contributed by atoms with Crippen molar-refractivity contribution < 1.29 is 4.79 Å². The first-order valence-corrected chi connectivity index (χ1v) is 7.82. The molecule has 3 heterocycles. The Morgan fingerprint density at radius 3 is 2.78 bits per heavy atom. The Labute approximate surface area is 135 Å². The molecule has 2 aromatic rings. The zero-order chi connectivity index (χ0) is 16.6. The quantitative estimate of drug-likeness (QED) is 0.825. The third-order valence-electron chi connectivity index (χ3n) is 4.70. The summed E-state index contributed by atoms with van der Waals surface area (Å²) in [6.07, 6.45) is 3.01. The van der Waals surface area contributed by atoms with E-state index in [0.717, 1.165) is 35.6 Å². The highest BCUT2D eigenvalue weighted by molar-refractivity contribution is 5.80. The first kappa shape index (κ1) is 15.7. The maximum absolute atomic E-state index is 12.2. The van der Waals surface area contributed by atoms with Crippen LogP contribution in [0, 0.1) is 13.8 Å². The smallest absolute Gasteiger partial charge is 0.224 e. The molecule has 2 aromatic heterocycles. The number of carbonyl (C=O) groups excluding carboxylic acids is 1. The van der Waals surface area contributed by atoms with Gasteiger partial charge in [-0.3, -0.25) is 9.48 Å². The Morgan fingerprint density at radius 2 is 2.17 bits per heavy atom. The summed E-state index contributed by atoms with van der Waals surface area (Å²) in [4.78, 5) is 14.1. The summed E-state index contributed by atoms with van der Waals surface area (Å²) in [5, 5.41) is 18.5. The van der Waals surface area contributed by atoms with Gasteiger partial charge in [0.1, 0.15) is 0 Å². The number of carbonyl (C=O) groups is 1. The number of likely N-dealkylation sites (N-methyl/N-ethyl adjacent to an activating group) is 1. The molecule has 1 aliphatic heterocycles. The van der Waals surface area contributed by atoms with E-state index in [4.69, 9.17) is 0 Å². The second-order valence-corrected chi connectivity index (χ2v) is 6.13. The largest absolute Gasteiger partial charge is 0.337 e. The molecule has 1 saturated heterocycles. The highest BCUT2D eigenvalue weighted by atomic mass is 16.2. The van der Waals surface area contributed by atoms with Gasteiger partial charge in [0.15, 0.2) is 0 Å². The van der Waals surface area contributed by atoms with Crippen LogP contribution in [-0.2, 0) is 18.3 Å². The summed E-state index contributed by atoms with van der Waals surface area (Å²) in [7, 11) is 3.81. The van der Waals surface area contributed by atoms with Crippen LogP contribution >= 0.6 is 0 Å². The molecule has 8 nitrogen and oxygen atoms in total. The number of amides is 1. The Morgan fingerprint density at radius 1 is 1.39 bits per heavy atom. The van der Waals surface area contributed by atoms with Gasteiger partial charge < -0.3 is 10.2 Å². The number of aromatic nitrogens is 5. The first-order valence-electron chi connectivity index (χ1n) is 7.82. The van der Waals surface area contributed by atoms with E-state index >= 15 is 0 Å². The second-order valence-electron chi connectivity index (χ2n) is 6.13. The number of H-pyrrole nitrogens is 1. The molecule has 3 rings (SSSR count). The SMILES string of the molecule is Cc1nn(C)c(C)c1[C@H]1[C@H](NCCc2cn[nH]n2)CC(=O)N1C. The normalized spacial score (nSPS) is 21.4. The van der Waals surface area contributed by atoms with Gasteiger partial charge in [0.25, 0.3) is 0 Å². The summed E-state index contributed by atoms with van der Waals surface area (Å²) in [6.45, 7) is 4.82. The van der Waals surface area contributed by atoms with E-state index in [-0.39, 0.29) is 18.0 Å². The zero-order valence-corrected chi connectivity index (χ0v) is 14.0. The lowest BCUT2D eigenvalue weighted by Crippen LogP contribution is -2.36. The van der Waals surface area contributed by atoms with Crippen LogP contribution in [0.4, 0.5) is 0 Å². The van der Waals surface area contributed by atoms with Gasteiger partial charge in [-0.25, -0.2) is 0 Å². The highest BCUT2D eigenvalue weighted by Gasteiger charge is 2.40. The fraction of sp³-hybridized carbons (Fsp3) is 0.600. The average Bonchev–Trinajstić information content (AvgIpc) is 3.16. The van der Waals surface area contributed by atoms with Gasteiger partial charge in [0.2, 0.25) is 5.91 Å². The van der Waals surface area contributed by atoms with Crippen molar-refractivity contribution in [3.05, 3.63) is 28.8 Å². The van der Waals surface area contributed by atoms with Crippen LogP contribution in [0.3, 0.4) is 0 Å². The molecule has 0 saturated carbocycles. The van der Waals surface area contributed by atoms with Crippen LogP contribution in [0.25, 0.3) is 0 Å². The number of likely N-dealkylation sites (tertiary alicyclic amines) is 1. The lowest BCUT2D eigenvalue weighted by molar-refractivity contribution is -0.127. The van der Waals surface area contributed by atoms with Gasteiger partial charge >= 0.3 is 0 Å². The monoisotopic (exact) mass is 317 g/mol. The molecule has 0 aromatic carbocycles. The van der Waals surface area contributed by atoms with E-state index in [2.05, 4.69) is 32.7 Å². The molecule has 0 bridgehead atoms. The van der Waals surface area contributed by atoms with Crippen molar-refractivity contribution in [2.45, 2.75) is 38.8 Å². The van der Waals surface area contributed by atoms with Crippen molar-refractivity contribution in [1.82, 2.24) is 35.4 Å². The molecular formula is C15H23N7O. The van der Waals surface area contributed by atoms with Gasteiger partial charge in [-0.05, 0) is 13.8 Å². The molecule has 0 aliphatic carbocycles. The van der Waals surface area contributed by atoms with Crippen LogP contribution < -0.4 is 5.32 Å². The molecule has 2 atom stereocenters.